The van der Waals surface area contributed by atoms with E-state index < -0.39 is 11.8 Å². The number of aryl methyl sites for hydroxylation is 1. The highest BCUT2D eigenvalue weighted by molar-refractivity contribution is 6.32. The largest absolute Gasteiger partial charge is 0.484 e. The third-order valence-corrected chi connectivity index (χ3v) is 4.70. The van der Waals surface area contributed by atoms with E-state index >= 15 is 0 Å². The van der Waals surface area contributed by atoms with Crippen LogP contribution >= 0.6 is 11.6 Å². The lowest BCUT2D eigenvalue weighted by Crippen LogP contribution is -2.25. The molecule has 2 N–H and O–H groups in total. The first-order chi connectivity index (χ1) is 15.5. The summed E-state index contributed by atoms with van der Waals surface area (Å²) in [7, 11) is 1.65. The number of furan rings is 2. The second-order valence-corrected chi connectivity index (χ2v) is 7.17. The normalized spacial score (nSPS) is 10.7. The molecule has 164 valence electrons. The molecule has 4 rings (SSSR count). The van der Waals surface area contributed by atoms with Crippen LogP contribution in [0.15, 0.2) is 69.8 Å². The van der Waals surface area contributed by atoms with Crippen LogP contribution < -0.4 is 15.4 Å². The first kappa shape index (κ1) is 21.3. The standard InChI is InChI=1S/C22H19ClN4O5/c1-27-12-17(20(26-27)22(29)24-11-14-5-4-10-30-14)25-21(28)19-9-8-15(32-19)13-31-18-7-3-2-6-16(18)23/h2-10,12H,11,13H2,1H3,(H,24,29)(H,25,28). The van der Waals surface area contributed by atoms with Crippen LogP contribution in [-0.2, 0) is 20.2 Å². The Hall–Kier alpha value is -3.98. The topological polar surface area (TPSA) is 112 Å². The van der Waals surface area contributed by atoms with Gasteiger partial charge in [0.2, 0.25) is 0 Å². The van der Waals surface area contributed by atoms with Gasteiger partial charge in [0.25, 0.3) is 11.8 Å². The molecule has 0 fully saturated rings. The van der Waals surface area contributed by atoms with Crippen molar-refractivity contribution >= 4 is 29.1 Å². The van der Waals surface area contributed by atoms with E-state index in [2.05, 4.69) is 15.7 Å². The number of nitrogens with zero attached hydrogens (tertiary/aromatic N) is 2. The van der Waals surface area contributed by atoms with E-state index in [0.29, 0.717) is 22.3 Å². The molecule has 32 heavy (non-hydrogen) atoms. The predicted octanol–water partition coefficient (Wildman–Crippen LogP) is 4.02. The summed E-state index contributed by atoms with van der Waals surface area (Å²) < 4.78 is 17.8. The predicted molar refractivity (Wildman–Crippen MR) is 116 cm³/mol. The van der Waals surface area contributed by atoms with Gasteiger partial charge in [-0.3, -0.25) is 14.3 Å². The minimum atomic E-state index is -0.526. The summed E-state index contributed by atoms with van der Waals surface area (Å²) in [6.45, 7) is 0.299. The van der Waals surface area contributed by atoms with Gasteiger partial charge in [-0.2, -0.15) is 5.10 Å². The van der Waals surface area contributed by atoms with E-state index in [1.807, 2.05) is 0 Å². The zero-order chi connectivity index (χ0) is 22.5. The van der Waals surface area contributed by atoms with Crippen molar-refractivity contribution in [2.75, 3.05) is 5.32 Å². The van der Waals surface area contributed by atoms with Gasteiger partial charge >= 0.3 is 0 Å². The first-order valence-electron chi connectivity index (χ1n) is 9.61. The molecule has 0 aliphatic rings. The molecule has 3 heterocycles. The van der Waals surface area contributed by atoms with Crippen molar-refractivity contribution in [3.05, 3.63) is 89.0 Å². The van der Waals surface area contributed by atoms with Crippen molar-refractivity contribution in [3.63, 3.8) is 0 Å². The van der Waals surface area contributed by atoms with Gasteiger partial charge in [0.1, 0.15) is 23.9 Å². The van der Waals surface area contributed by atoms with Crippen LogP contribution in [0.3, 0.4) is 0 Å². The molecule has 0 saturated heterocycles. The number of anilines is 1. The number of ether oxygens (including phenoxy) is 1. The van der Waals surface area contributed by atoms with Crippen molar-refractivity contribution < 1.29 is 23.2 Å². The summed E-state index contributed by atoms with van der Waals surface area (Å²) in [6.07, 6.45) is 3.05. The summed E-state index contributed by atoms with van der Waals surface area (Å²) >= 11 is 6.06. The first-order valence-corrected chi connectivity index (χ1v) is 9.99. The molecule has 3 aromatic heterocycles. The molecule has 0 unspecified atom stereocenters. The fourth-order valence-corrected chi connectivity index (χ4v) is 3.07. The zero-order valence-corrected chi connectivity index (χ0v) is 17.8. The molecule has 1 aromatic carbocycles. The zero-order valence-electron chi connectivity index (χ0n) is 17.0. The van der Waals surface area contributed by atoms with Crippen molar-refractivity contribution in [1.82, 2.24) is 15.1 Å². The number of rotatable bonds is 8. The lowest BCUT2D eigenvalue weighted by atomic mass is 10.3. The van der Waals surface area contributed by atoms with E-state index in [9.17, 15) is 9.59 Å². The molecular weight excluding hydrogens is 436 g/mol. The van der Waals surface area contributed by atoms with Crippen LogP contribution in [-0.4, -0.2) is 21.6 Å². The third kappa shape index (κ3) is 5.01. The van der Waals surface area contributed by atoms with Crippen LogP contribution in [0.25, 0.3) is 0 Å². The number of carbonyl (C=O) groups is 2. The van der Waals surface area contributed by atoms with Crippen molar-refractivity contribution in [3.8, 4) is 5.75 Å². The second-order valence-electron chi connectivity index (χ2n) is 6.77. The number of para-hydroxylation sites is 1. The van der Waals surface area contributed by atoms with Crippen LogP contribution in [0.2, 0.25) is 5.02 Å². The Kier molecular flexibility index (Phi) is 6.27. The summed E-state index contributed by atoms with van der Waals surface area (Å²) in [5.41, 5.74) is 0.320. The molecule has 9 nitrogen and oxygen atoms in total. The number of halogens is 1. The Morgan fingerprint density at radius 1 is 1.09 bits per heavy atom. The summed E-state index contributed by atoms with van der Waals surface area (Å²) in [5, 5.41) is 9.96. The van der Waals surface area contributed by atoms with Gasteiger partial charge in [0.05, 0.1) is 23.5 Å². The van der Waals surface area contributed by atoms with E-state index in [1.54, 1.807) is 49.5 Å². The van der Waals surface area contributed by atoms with Gasteiger partial charge in [-0.15, -0.1) is 0 Å². The molecule has 0 spiro atoms. The van der Waals surface area contributed by atoms with Gasteiger partial charge < -0.3 is 24.2 Å². The fourth-order valence-electron chi connectivity index (χ4n) is 2.88. The van der Waals surface area contributed by atoms with E-state index in [0.717, 1.165) is 0 Å². The van der Waals surface area contributed by atoms with Gasteiger partial charge in [-0.05, 0) is 36.4 Å². The smallest absolute Gasteiger partial charge is 0.291 e. The Morgan fingerprint density at radius 2 is 1.94 bits per heavy atom. The summed E-state index contributed by atoms with van der Waals surface area (Å²) in [6, 6.07) is 13.7. The molecule has 2 amide bonds. The number of benzene rings is 1. The van der Waals surface area contributed by atoms with E-state index in [-0.39, 0.29) is 30.3 Å². The average molecular weight is 455 g/mol. The molecular formula is C22H19ClN4O5. The number of hydrogen-bond acceptors (Lipinski definition) is 6. The molecule has 0 aliphatic heterocycles. The molecule has 0 aliphatic carbocycles. The van der Waals surface area contributed by atoms with Crippen molar-refractivity contribution in [2.24, 2.45) is 7.05 Å². The third-order valence-electron chi connectivity index (χ3n) is 4.39. The number of aromatic nitrogens is 2. The Morgan fingerprint density at radius 3 is 2.72 bits per heavy atom. The molecule has 4 aromatic rings. The van der Waals surface area contributed by atoms with Gasteiger partial charge in [-0.25, -0.2) is 0 Å². The van der Waals surface area contributed by atoms with Crippen LogP contribution in [0, 0.1) is 0 Å². The molecule has 0 atom stereocenters. The van der Waals surface area contributed by atoms with Gasteiger partial charge in [0, 0.05) is 13.2 Å². The van der Waals surface area contributed by atoms with Crippen LogP contribution in [0.5, 0.6) is 5.75 Å². The fraction of sp³-hybridized carbons (Fsp3) is 0.136. The maximum atomic E-state index is 12.6. The lowest BCUT2D eigenvalue weighted by Gasteiger charge is -2.06. The second kappa shape index (κ2) is 9.44. The molecule has 0 saturated carbocycles. The van der Waals surface area contributed by atoms with Gasteiger partial charge in [-0.1, -0.05) is 23.7 Å². The molecule has 0 bridgehead atoms. The Balaban J connectivity index is 1.39. The van der Waals surface area contributed by atoms with E-state index in [1.165, 1.54) is 23.2 Å². The molecule has 0 radical (unpaired) electrons. The van der Waals surface area contributed by atoms with Gasteiger partial charge in [0.15, 0.2) is 11.5 Å². The number of carbonyl (C=O) groups excluding carboxylic acids is 2. The SMILES string of the molecule is Cn1cc(NC(=O)c2ccc(COc3ccccc3Cl)o2)c(C(=O)NCc2ccco2)n1. The monoisotopic (exact) mass is 454 g/mol. The maximum Gasteiger partial charge on any atom is 0.291 e. The van der Waals surface area contributed by atoms with E-state index in [4.69, 9.17) is 25.2 Å². The van der Waals surface area contributed by atoms with Crippen LogP contribution in [0.4, 0.5) is 5.69 Å². The highest BCUT2D eigenvalue weighted by Crippen LogP contribution is 2.24. The highest BCUT2D eigenvalue weighted by Gasteiger charge is 2.20. The highest BCUT2D eigenvalue weighted by atomic mass is 35.5. The maximum absolute atomic E-state index is 12.6. The lowest BCUT2D eigenvalue weighted by molar-refractivity contribution is 0.0943. The average Bonchev–Trinajstić information content (AvgIpc) is 3.53. The summed E-state index contributed by atoms with van der Waals surface area (Å²) in [5.74, 6) is 0.637. The minimum absolute atomic E-state index is 0.0635. The Bertz CT molecular complexity index is 1230. The number of hydrogen-bond donors (Lipinski definition) is 2. The quantitative estimate of drug-likeness (QED) is 0.416. The minimum Gasteiger partial charge on any atom is -0.484 e. The number of nitrogens with one attached hydrogen (secondary N) is 2. The molecule has 10 heteroatoms. The van der Waals surface area contributed by atoms with Crippen LogP contribution in [0.1, 0.15) is 32.6 Å². The summed E-state index contributed by atoms with van der Waals surface area (Å²) in [4.78, 5) is 25.1. The number of amides is 2. The van der Waals surface area contributed by atoms with Crippen molar-refractivity contribution in [1.29, 1.82) is 0 Å². The van der Waals surface area contributed by atoms with Crippen molar-refractivity contribution in [2.45, 2.75) is 13.2 Å². The Labute approximate surface area is 187 Å².